The largest absolute Gasteiger partial charge is 0.493 e. The number of carbonyl (C=O) groups excluding carboxylic acids is 2. The molecular formula is C16H23NO4. The standard InChI is InChI=1S/C16H23NO4/c1-6-20-13-10-8-7-9-12(13)14(18)17-11(2)15(19)21-16(3,4)5/h7-11H,6H2,1-5H3,(H,17,18)/t11-/m1/s1. The molecule has 5 heteroatoms. The van der Waals surface area contributed by atoms with Crippen LogP contribution in [0.15, 0.2) is 24.3 Å². The Balaban J connectivity index is 2.75. The molecule has 0 saturated heterocycles. The van der Waals surface area contributed by atoms with E-state index in [1.54, 1.807) is 52.0 Å². The average molecular weight is 293 g/mol. The van der Waals surface area contributed by atoms with Crippen molar-refractivity contribution in [2.45, 2.75) is 46.3 Å². The number of esters is 1. The summed E-state index contributed by atoms with van der Waals surface area (Å²) in [5.74, 6) is -0.337. The monoisotopic (exact) mass is 293 g/mol. The number of para-hydroxylation sites is 1. The topological polar surface area (TPSA) is 64.6 Å². The van der Waals surface area contributed by atoms with Gasteiger partial charge in [-0.1, -0.05) is 12.1 Å². The van der Waals surface area contributed by atoms with Crippen LogP contribution in [0.2, 0.25) is 0 Å². The zero-order valence-electron chi connectivity index (χ0n) is 13.2. The Labute approximate surface area is 125 Å². The molecule has 1 aromatic rings. The Hall–Kier alpha value is -2.04. The molecule has 0 aliphatic rings. The lowest BCUT2D eigenvalue weighted by Crippen LogP contribution is -2.42. The molecule has 0 saturated carbocycles. The van der Waals surface area contributed by atoms with Crippen molar-refractivity contribution < 1.29 is 19.1 Å². The third-order valence-electron chi connectivity index (χ3n) is 2.54. The first-order valence-corrected chi connectivity index (χ1v) is 7.00. The van der Waals surface area contributed by atoms with E-state index in [1.807, 2.05) is 6.92 Å². The van der Waals surface area contributed by atoms with Crippen LogP contribution >= 0.6 is 0 Å². The van der Waals surface area contributed by atoms with Gasteiger partial charge in [0.25, 0.3) is 5.91 Å². The summed E-state index contributed by atoms with van der Waals surface area (Å²) in [5, 5.41) is 2.62. The summed E-state index contributed by atoms with van der Waals surface area (Å²) in [7, 11) is 0. The molecule has 1 aromatic carbocycles. The molecule has 116 valence electrons. The Morgan fingerprint density at radius 1 is 1.24 bits per heavy atom. The minimum Gasteiger partial charge on any atom is -0.493 e. The lowest BCUT2D eigenvalue weighted by molar-refractivity contribution is -0.156. The van der Waals surface area contributed by atoms with Crippen LogP contribution in [0.1, 0.15) is 45.0 Å². The lowest BCUT2D eigenvalue weighted by Gasteiger charge is -2.22. The summed E-state index contributed by atoms with van der Waals surface area (Å²) < 4.78 is 10.6. The minimum atomic E-state index is -0.730. The Kier molecular flexibility index (Phi) is 5.76. The Bertz CT molecular complexity index is 505. The molecule has 1 amide bonds. The Morgan fingerprint density at radius 2 is 1.86 bits per heavy atom. The van der Waals surface area contributed by atoms with Crippen molar-refractivity contribution in [3.8, 4) is 5.75 Å². The summed E-state index contributed by atoms with van der Waals surface area (Å²) >= 11 is 0. The number of rotatable bonds is 5. The van der Waals surface area contributed by atoms with E-state index in [-0.39, 0.29) is 5.91 Å². The quantitative estimate of drug-likeness (QED) is 0.847. The molecule has 0 aliphatic heterocycles. The van der Waals surface area contributed by atoms with Crippen LogP contribution in [0, 0.1) is 0 Å². The molecule has 0 unspecified atom stereocenters. The number of carbonyl (C=O) groups is 2. The van der Waals surface area contributed by atoms with Crippen LogP contribution in [0.3, 0.4) is 0 Å². The van der Waals surface area contributed by atoms with Gasteiger partial charge < -0.3 is 14.8 Å². The second-order valence-corrected chi connectivity index (χ2v) is 5.66. The summed E-state index contributed by atoms with van der Waals surface area (Å²) in [6.45, 7) is 9.25. The van der Waals surface area contributed by atoms with Crippen LogP contribution in [-0.2, 0) is 9.53 Å². The number of hydrogen-bond donors (Lipinski definition) is 1. The molecule has 21 heavy (non-hydrogen) atoms. The van der Waals surface area contributed by atoms with Gasteiger partial charge >= 0.3 is 5.97 Å². The smallest absolute Gasteiger partial charge is 0.328 e. The maximum atomic E-state index is 12.2. The number of benzene rings is 1. The highest BCUT2D eigenvalue weighted by molar-refractivity contribution is 5.99. The van der Waals surface area contributed by atoms with Crippen molar-refractivity contribution in [1.29, 1.82) is 0 Å². The number of ether oxygens (including phenoxy) is 2. The van der Waals surface area contributed by atoms with Crippen LogP contribution in [0.4, 0.5) is 0 Å². The van der Waals surface area contributed by atoms with Gasteiger partial charge in [-0.25, -0.2) is 4.79 Å². The molecule has 0 heterocycles. The van der Waals surface area contributed by atoms with E-state index in [0.29, 0.717) is 17.9 Å². The van der Waals surface area contributed by atoms with Gasteiger partial charge in [-0.05, 0) is 46.8 Å². The van der Waals surface area contributed by atoms with Crippen LogP contribution in [-0.4, -0.2) is 30.1 Å². The molecule has 0 aromatic heterocycles. The van der Waals surface area contributed by atoms with Crippen LogP contribution in [0.5, 0.6) is 5.75 Å². The highest BCUT2D eigenvalue weighted by Crippen LogP contribution is 2.18. The van der Waals surface area contributed by atoms with Gasteiger partial charge in [0, 0.05) is 0 Å². The third kappa shape index (κ3) is 5.45. The normalized spacial score (nSPS) is 12.4. The van der Waals surface area contributed by atoms with Crippen molar-refractivity contribution in [2.75, 3.05) is 6.61 Å². The number of nitrogens with one attached hydrogen (secondary N) is 1. The fraction of sp³-hybridized carbons (Fsp3) is 0.500. The van der Waals surface area contributed by atoms with Gasteiger partial charge in [-0.15, -0.1) is 0 Å². The second kappa shape index (κ2) is 7.11. The molecule has 0 fully saturated rings. The van der Waals surface area contributed by atoms with Gasteiger partial charge in [0.1, 0.15) is 17.4 Å². The number of hydrogen-bond acceptors (Lipinski definition) is 4. The van der Waals surface area contributed by atoms with Gasteiger partial charge in [0.2, 0.25) is 0 Å². The SMILES string of the molecule is CCOc1ccccc1C(=O)N[C@H](C)C(=O)OC(C)(C)C. The molecule has 1 N–H and O–H groups in total. The fourth-order valence-corrected chi connectivity index (χ4v) is 1.66. The molecular weight excluding hydrogens is 270 g/mol. The summed E-state index contributed by atoms with van der Waals surface area (Å²) in [5.41, 5.74) is -0.186. The third-order valence-corrected chi connectivity index (χ3v) is 2.54. The lowest BCUT2D eigenvalue weighted by atomic mass is 10.1. The molecule has 0 radical (unpaired) electrons. The summed E-state index contributed by atoms with van der Waals surface area (Å²) in [4.78, 5) is 24.1. The van der Waals surface area contributed by atoms with Crippen LogP contribution < -0.4 is 10.1 Å². The van der Waals surface area contributed by atoms with Crippen molar-refractivity contribution in [3.05, 3.63) is 29.8 Å². The molecule has 1 rings (SSSR count). The average Bonchev–Trinajstić information content (AvgIpc) is 2.37. The van der Waals surface area contributed by atoms with Crippen molar-refractivity contribution >= 4 is 11.9 Å². The number of amides is 1. The van der Waals surface area contributed by atoms with E-state index in [1.165, 1.54) is 0 Å². The first kappa shape index (κ1) is 17.0. The molecule has 1 atom stereocenters. The van der Waals surface area contributed by atoms with Gasteiger partial charge in [0.05, 0.1) is 12.2 Å². The molecule has 0 aliphatic carbocycles. The summed E-state index contributed by atoms with van der Waals surface area (Å²) in [6, 6.07) is 6.18. The zero-order chi connectivity index (χ0) is 16.0. The van der Waals surface area contributed by atoms with E-state index in [4.69, 9.17) is 9.47 Å². The predicted octanol–water partition coefficient (Wildman–Crippen LogP) is 2.55. The molecule has 0 spiro atoms. The van der Waals surface area contributed by atoms with E-state index in [2.05, 4.69) is 5.32 Å². The maximum Gasteiger partial charge on any atom is 0.328 e. The summed E-state index contributed by atoms with van der Waals surface area (Å²) in [6.07, 6.45) is 0. The van der Waals surface area contributed by atoms with Gasteiger partial charge in [0.15, 0.2) is 0 Å². The highest BCUT2D eigenvalue weighted by Gasteiger charge is 2.24. The van der Waals surface area contributed by atoms with E-state index in [9.17, 15) is 9.59 Å². The van der Waals surface area contributed by atoms with Crippen molar-refractivity contribution in [1.82, 2.24) is 5.32 Å². The zero-order valence-corrected chi connectivity index (χ0v) is 13.2. The van der Waals surface area contributed by atoms with E-state index >= 15 is 0 Å². The van der Waals surface area contributed by atoms with Gasteiger partial charge in [-0.2, -0.15) is 0 Å². The van der Waals surface area contributed by atoms with Gasteiger partial charge in [-0.3, -0.25) is 4.79 Å². The molecule has 5 nitrogen and oxygen atoms in total. The first-order chi connectivity index (χ1) is 9.74. The second-order valence-electron chi connectivity index (χ2n) is 5.66. The minimum absolute atomic E-state index is 0.364. The maximum absolute atomic E-state index is 12.2. The van der Waals surface area contributed by atoms with E-state index < -0.39 is 17.6 Å². The van der Waals surface area contributed by atoms with Crippen molar-refractivity contribution in [3.63, 3.8) is 0 Å². The first-order valence-electron chi connectivity index (χ1n) is 7.00. The van der Waals surface area contributed by atoms with E-state index in [0.717, 1.165) is 0 Å². The fourth-order valence-electron chi connectivity index (χ4n) is 1.66. The van der Waals surface area contributed by atoms with Crippen molar-refractivity contribution in [2.24, 2.45) is 0 Å². The Morgan fingerprint density at radius 3 is 2.43 bits per heavy atom. The molecule has 0 bridgehead atoms. The predicted molar refractivity (Wildman–Crippen MR) is 80.4 cm³/mol. The van der Waals surface area contributed by atoms with Crippen LogP contribution in [0.25, 0.3) is 0 Å². The highest BCUT2D eigenvalue weighted by atomic mass is 16.6.